The van der Waals surface area contributed by atoms with Gasteiger partial charge in [0.05, 0.1) is 36.4 Å². The Labute approximate surface area is 223 Å². The monoisotopic (exact) mass is 533 g/mol. The number of aliphatic hydroxyl groups is 1. The van der Waals surface area contributed by atoms with Crippen molar-refractivity contribution in [2.75, 3.05) is 19.1 Å². The van der Waals surface area contributed by atoms with Gasteiger partial charge in [-0.2, -0.15) is 0 Å². The Morgan fingerprint density at radius 3 is 2.30 bits per heavy atom. The van der Waals surface area contributed by atoms with E-state index >= 15 is 0 Å². The number of ether oxygens (including phenoxy) is 2. The molecule has 1 fully saturated rings. The molecule has 4 aromatic carbocycles. The van der Waals surface area contributed by atoms with E-state index in [4.69, 9.17) is 32.7 Å². The Bertz CT molecular complexity index is 1570. The van der Waals surface area contributed by atoms with Crippen molar-refractivity contribution >= 4 is 57.1 Å². The van der Waals surface area contributed by atoms with Gasteiger partial charge in [0.15, 0.2) is 0 Å². The van der Waals surface area contributed by atoms with Crippen molar-refractivity contribution in [2.24, 2.45) is 0 Å². The highest BCUT2D eigenvalue weighted by Crippen LogP contribution is 2.46. The van der Waals surface area contributed by atoms with Crippen molar-refractivity contribution in [3.63, 3.8) is 0 Å². The number of hydrogen-bond acceptors (Lipinski definition) is 5. The number of benzene rings is 4. The molecule has 0 bridgehead atoms. The summed E-state index contributed by atoms with van der Waals surface area (Å²) in [7, 11) is 2.94. The van der Waals surface area contributed by atoms with E-state index in [2.05, 4.69) is 0 Å². The van der Waals surface area contributed by atoms with Crippen molar-refractivity contribution in [1.82, 2.24) is 0 Å². The number of carbonyl (C=O) groups excluding carboxylic acids is 2. The third kappa shape index (κ3) is 4.18. The summed E-state index contributed by atoms with van der Waals surface area (Å²) in [5, 5.41) is 13.7. The maximum Gasteiger partial charge on any atom is 0.300 e. The first-order chi connectivity index (χ1) is 17.8. The minimum Gasteiger partial charge on any atom is -0.507 e. The second-order valence-corrected chi connectivity index (χ2v) is 9.25. The van der Waals surface area contributed by atoms with E-state index in [0.29, 0.717) is 17.0 Å². The zero-order valence-corrected chi connectivity index (χ0v) is 21.4. The van der Waals surface area contributed by atoms with Crippen LogP contribution in [0.5, 0.6) is 11.5 Å². The first-order valence-corrected chi connectivity index (χ1v) is 12.1. The summed E-state index contributed by atoms with van der Waals surface area (Å²) < 4.78 is 10.7. The molecule has 6 nitrogen and oxygen atoms in total. The highest BCUT2D eigenvalue weighted by atomic mass is 35.5. The van der Waals surface area contributed by atoms with Crippen molar-refractivity contribution in [3.05, 3.63) is 106 Å². The molecule has 0 aliphatic carbocycles. The minimum atomic E-state index is -0.943. The number of fused-ring (bicyclic) bond motifs is 1. The summed E-state index contributed by atoms with van der Waals surface area (Å²) >= 11 is 12.5. The lowest BCUT2D eigenvalue weighted by atomic mass is 9.91. The number of amides is 1. The molecule has 0 aromatic heterocycles. The molecule has 0 radical (unpaired) electrons. The van der Waals surface area contributed by atoms with Crippen LogP contribution in [0.25, 0.3) is 16.5 Å². The fourth-order valence-corrected chi connectivity index (χ4v) is 5.28. The number of anilines is 1. The third-order valence-electron chi connectivity index (χ3n) is 6.38. The first-order valence-electron chi connectivity index (χ1n) is 11.3. The van der Waals surface area contributed by atoms with Crippen LogP contribution in [0.4, 0.5) is 5.69 Å². The van der Waals surface area contributed by atoms with Crippen LogP contribution in [0.1, 0.15) is 17.2 Å². The zero-order chi connectivity index (χ0) is 26.3. The molecular weight excluding hydrogens is 513 g/mol. The van der Waals surface area contributed by atoms with Crippen molar-refractivity contribution in [1.29, 1.82) is 0 Å². The first kappa shape index (κ1) is 24.7. The van der Waals surface area contributed by atoms with Gasteiger partial charge in [0.1, 0.15) is 17.3 Å². The quantitative estimate of drug-likeness (QED) is 0.173. The molecular formula is C29H21Cl2NO5. The Kier molecular flexibility index (Phi) is 6.54. The molecule has 1 heterocycles. The molecule has 8 heteroatoms. The van der Waals surface area contributed by atoms with Crippen LogP contribution in [0.2, 0.25) is 10.0 Å². The normalized spacial score (nSPS) is 16.9. The summed E-state index contributed by atoms with van der Waals surface area (Å²) in [5.74, 6) is -1.33. The summed E-state index contributed by atoms with van der Waals surface area (Å²) in [6.07, 6.45) is 0. The lowest BCUT2D eigenvalue weighted by Gasteiger charge is -2.27. The van der Waals surface area contributed by atoms with Crippen LogP contribution in [-0.2, 0) is 9.59 Å². The van der Waals surface area contributed by atoms with Gasteiger partial charge < -0.3 is 14.6 Å². The van der Waals surface area contributed by atoms with Gasteiger partial charge in [0.25, 0.3) is 11.7 Å². The van der Waals surface area contributed by atoms with Crippen molar-refractivity contribution < 1.29 is 24.2 Å². The average Bonchev–Trinajstić information content (AvgIpc) is 3.17. The topological polar surface area (TPSA) is 76.1 Å². The van der Waals surface area contributed by atoms with E-state index in [-0.39, 0.29) is 26.9 Å². The van der Waals surface area contributed by atoms with E-state index in [9.17, 15) is 14.7 Å². The number of methoxy groups -OCH3 is 2. The molecule has 1 aliphatic rings. The molecule has 4 aromatic rings. The lowest BCUT2D eigenvalue weighted by molar-refractivity contribution is -0.132. The highest BCUT2D eigenvalue weighted by Gasteiger charge is 2.47. The molecule has 37 heavy (non-hydrogen) atoms. The van der Waals surface area contributed by atoms with Crippen LogP contribution in [0.15, 0.2) is 84.4 Å². The molecule has 1 amide bonds. The van der Waals surface area contributed by atoms with Crippen molar-refractivity contribution in [3.8, 4) is 11.5 Å². The van der Waals surface area contributed by atoms with Gasteiger partial charge >= 0.3 is 0 Å². The standard InChI is InChI=1S/C29H21Cl2NO5/c1-36-19-12-10-18(11-13-19)32-25(21-9-5-7-16-6-3-4-8-20(16)21)24(27(34)29(32)35)26(33)22-14-17(30)15-23(31)28(22)37-2/h3-15,25,33H,1-2H3/b26-24+. The Balaban J connectivity index is 1.83. The van der Waals surface area contributed by atoms with Crippen LogP contribution in [-0.4, -0.2) is 31.0 Å². The molecule has 1 saturated heterocycles. The number of Topliss-reactive ketones (excluding diaryl/α,β-unsaturated/α-hetero) is 1. The Morgan fingerprint density at radius 1 is 0.892 bits per heavy atom. The van der Waals surface area contributed by atoms with Gasteiger partial charge in [-0.3, -0.25) is 14.5 Å². The van der Waals surface area contributed by atoms with E-state index in [1.165, 1.54) is 24.1 Å². The molecule has 0 spiro atoms. The predicted molar refractivity (Wildman–Crippen MR) is 145 cm³/mol. The molecule has 186 valence electrons. The lowest BCUT2D eigenvalue weighted by Crippen LogP contribution is -2.29. The molecule has 1 unspecified atom stereocenters. The number of nitrogens with zero attached hydrogens (tertiary/aromatic N) is 1. The Hall–Kier alpha value is -4.00. The van der Waals surface area contributed by atoms with E-state index in [0.717, 1.165) is 10.8 Å². The van der Waals surface area contributed by atoms with Gasteiger partial charge in [0.2, 0.25) is 0 Å². The summed E-state index contributed by atoms with van der Waals surface area (Å²) in [6, 6.07) is 22.0. The summed E-state index contributed by atoms with van der Waals surface area (Å²) in [5.41, 5.74) is 1.14. The number of carbonyl (C=O) groups is 2. The predicted octanol–water partition coefficient (Wildman–Crippen LogP) is 6.79. The van der Waals surface area contributed by atoms with Crippen LogP contribution >= 0.6 is 23.2 Å². The van der Waals surface area contributed by atoms with Gasteiger partial charge in [-0.1, -0.05) is 65.7 Å². The molecule has 1 N–H and O–H groups in total. The fourth-order valence-electron chi connectivity index (χ4n) is 4.71. The minimum absolute atomic E-state index is 0.103. The zero-order valence-electron chi connectivity index (χ0n) is 19.9. The Morgan fingerprint density at radius 2 is 1.59 bits per heavy atom. The molecule has 1 aliphatic heterocycles. The van der Waals surface area contributed by atoms with Gasteiger partial charge in [-0.15, -0.1) is 0 Å². The fraction of sp³-hybridized carbons (Fsp3) is 0.103. The van der Waals surface area contributed by atoms with E-state index in [1.807, 2.05) is 42.5 Å². The largest absolute Gasteiger partial charge is 0.507 e. The van der Waals surface area contributed by atoms with Gasteiger partial charge in [-0.05, 0) is 52.7 Å². The van der Waals surface area contributed by atoms with E-state index in [1.54, 1.807) is 31.4 Å². The number of halogens is 2. The smallest absolute Gasteiger partial charge is 0.300 e. The third-order valence-corrected chi connectivity index (χ3v) is 6.88. The van der Waals surface area contributed by atoms with Crippen molar-refractivity contribution in [2.45, 2.75) is 6.04 Å². The summed E-state index contributed by atoms with van der Waals surface area (Å²) in [4.78, 5) is 28.5. The SMILES string of the molecule is COc1ccc(N2C(=O)C(=O)/C(=C(/O)c3cc(Cl)cc(Cl)c3OC)C2c2cccc3ccccc23)cc1. The maximum absolute atomic E-state index is 13.6. The number of hydrogen-bond donors (Lipinski definition) is 1. The number of rotatable bonds is 5. The molecule has 5 rings (SSSR count). The van der Waals surface area contributed by atoms with Crippen LogP contribution < -0.4 is 14.4 Å². The van der Waals surface area contributed by atoms with Gasteiger partial charge in [-0.25, -0.2) is 0 Å². The van der Waals surface area contributed by atoms with Crippen LogP contribution in [0.3, 0.4) is 0 Å². The number of aliphatic hydroxyl groups excluding tert-OH is 1. The average molecular weight is 534 g/mol. The molecule has 0 saturated carbocycles. The van der Waals surface area contributed by atoms with E-state index < -0.39 is 23.5 Å². The second kappa shape index (κ2) is 9.81. The van der Waals surface area contributed by atoms with Crippen LogP contribution in [0, 0.1) is 0 Å². The summed E-state index contributed by atoms with van der Waals surface area (Å²) in [6.45, 7) is 0. The maximum atomic E-state index is 13.6. The molecule has 1 atom stereocenters. The van der Waals surface area contributed by atoms with Gasteiger partial charge in [0, 0.05) is 10.7 Å². The number of ketones is 1. The highest BCUT2D eigenvalue weighted by molar-refractivity contribution is 6.52. The second-order valence-electron chi connectivity index (χ2n) is 8.40.